The molecule has 0 aromatic carbocycles. The van der Waals surface area contributed by atoms with Gasteiger partial charge in [-0.3, -0.25) is 0 Å². The van der Waals surface area contributed by atoms with Gasteiger partial charge >= 0.3 is 0 Å². The normalized spacial score (nSPS) is 14.2. The highest BCUT2D eigenvalue weighted by molar-refractivity contribution is 9.11. The number of allylic oxidation sites excluding steroid dienone is 1. The Morgan fingerprint density at radius 3 is 2.45 bits per heavy atom. The maximum atomic E-state index is 9.45. The predicted molar refractivity (Wildman–Crippen MR) is 52.7 cm³/mol. The molecule has 64 valence electrons. The second-order valence-electron chi connectivity index (χ2n) is 3.36. The molecule has 0 aromatic heterocycles. The Morgan fingerprint density at radius 1 is 1.73 bits per heavy atom. The molecule has 11 heavy (non-hydrogen) atoms. The van der Waals surface area contributed by atoms with Crippen LogP contribution >= 0.6 is 15.9 Å². The molecule has 0 rings (SSSR count). The van der Waals surface area contributed by atoms with Gasteiger partial charge in [0.05, 0.1) is 6.10 Å². The molecule has 0 amide bonds. The van der Waals surface area contributed by atoms with Crippen molar-refractivity contribution in [2.24, 2.45) is 5.41 Å². The lowest BCUT2D eigenvalue weighted by Gasteiger charge is -2.27. The number of hydrogen-bond donors (Lipinski definition) is 1. The van der Waals surface area contributed by atoms with E-state index >= 15 is 0 Å². The molecule has 0 aliphatic rings. The molecule has 1 unspecified atom stereocenters. The number of rotatable bonds is 4. The van der Waals surface area contributed by atoms with E-state index in [1.54, 1.807) is 6.08 Å². The number of halogens is 1. The van der Waals surface area contributed by atoms with E-state index in [1.807, 2.05) is 13.8 Å². The van der Waals surface area contributed by atoms with Gasteiger partial charge in [-0.15, -0.1) is 6.58 Å². The van der Waals surface area contributed by atoms with Crippen LogP contribution in [0.4, 0.5) is 0 Å². The van der Waals surface area contributed by atoms with Gasteiger partial charge in [-0.25, -0.2) is 0 Å². The zero-order chi connectivity index (χ0) is 9.07. The van der Waals surface area contributed by atoms with Gasteiger partial charge in [-0.05, 0) is 16.3 Å². The third-order valence-corrected chi connectivity index (χ3v) is 1.95. The Hall–Kier alpha value is -0.0800. The molecule has 0 bridgehead atoms. The van der Waals surface area contributed by atoms with Gasteiger partial charge in [0.1, 0.15) is 0 Å². The van der Waals surface area contributed by atoms with Crippen molar-refractivity contribution in [1.82, 2.24) is 0 Å². The van der Waals surface area contributed by atoms with Gasteiger partial charge in [0.15, 0.2) is 0 Å². The largest absolute Gasteiger partial charge is 0.388 e. The van der Waals surface area contributed by atoms with Crippen LogP contribution in [0.5, 0.6) is 0 Å². The molecule has 1 N–H and O–H groups in total. The summed E-state index contributed by atoms with van der Waals surface area (Å²) in [6.07, 6.45) is 1.83. The summed E-state index contributed by atoms with van der Waals surface area (Å²) in [6.45, 7) is 11.2. The molecule has 0 aliphatic carbocycles. The van der Waals surface area contributed by atoms with E-state index in [2.05, 4.69) is 29.1 Å². The Kier molecular flexibility index (Phi) is 4.04. The number of hydrogen-bond acceptors (Lipinski definition) is 1. The van der Waals surface area contributed by atoms with Gasteiger partial charge in [0, 0.05) is 0 Å². The Balaban J connectivity index is 4.19. The van der Waals surface area contributed by atoms with E-state index in [4.69, 9.17) is 0 Å². The van der Waals surface area contributed by atoms with Crippen molar-refractivity contribution in [2.45, 2.75) is 26.4 Å². The second kappa shape index (κ2) is 4.07. The molecule has 0 fully saturated rings. The highest BCUT2D eigenvalue weighted by atomic mass is 79.9. The molecule has 0 aliphatic heterocycles. The summed E-state index contributed by atoms with van der Waals surface area (Å²) in [5, 5.41) is 9.45. The first kappa shape index (κ1) is 10.9. The van der Waals surface area contributed by atoms with Gasteiger partial charge in [0.2, 0.25) is 0 Å². The zero-order valence-corrected chi connectivity index (χ0v) is 8.69. The molecular formula is C9H15BrO. The van der Waals surface area contributed by atoms with Gasteiger partial charge < -0.3 is 5.11 Å². The van der Waals surface area contributed by atoms with E-state index < -0.39 is 6.10 Å². The van der Waals surface area contributed by atoms with Crippen molar-refractivity contribution in [3.8, 4) is 0 Å². The topological polar surface area (TPSA) is 20.2 Å². The van der Waals surface area contributed by atoms with Crippen LogP contribution < -0.4 is 0 Å². The van der Waals surface area contributed by atoms with Gasteiger partial charge in [-0.2, -0.15) is 0 Å². The van der Waals surface area contributed by atoms with Crippen molar-refractivity contribution in [3.05, 3.63) is 23.7 Å². The molecule has 0 saturated carbocycles. The highest BCUT2D eigenvalue weighted by Crippen LogP contribution is 2.31. The summed E-state index contributed by atoms with van der Waals surface area (Å²) in [6, 6.07) is 0. The standard InChI is InChI=1S/C9H15BrO/c1-5-8(11)9(3,4)6-7(2)10/h5,8,11H,1-2,6H2,3-4H3. The molecule has 0 radical (unpaired) electrons. The van der Waals surface area contributed by atoms with Crippen molar-refractivity contribution < 1.29 is 5.11 Å². The third kappa shape index (κ3) is 3.73. The maximum Gasteiger partial charge on any atom is 0.0772 e. The summed E-state index contributed by atoms with van der Waals surface area (Å²) in [5.74, 6) is 0. The zero-order valence-electron chi connectivity index (χ0n) is 7.10. The summed E-state index contributed by atoms with van der Waals surface area (Å²) < 4.78 is 0.906. The molecule has 2 heteroatoms. The lowest BCUT2D eigenvalue weighted by Crippen LogP contribution is -2.27. The molecule has 0 spiro atoms. The summed E-state index contributed by atoms with van der Waals surface area (Å²) in [5.41, 5.74) is -0.178. The van der Waals surface area contributed by atoms with E-state index in [1.165, 1.54) is 0 Å². The summed E-state index contributed by atoms with van der Waals surface area (Å²) in [7, 11) is 0. The molecule has 0 saturated heterocycles. The Bertz CT molecular complexity index is 161. The van der Waals surface area contributed by atoms with Gasteiger partial charge in [0.25, 0.3) is 0 Å². The minimum Gasteiger partial charge on any atom is -0.388 e. The Morgan fingerprint density at radius 2 is 2.18 bits per heavy atom. The van der Waals surface area contributed by atoms with Gasteiger partial charge in [-0.1, -0.05) is 42.4 Å². The summed E-state index contributed by atoms with van der Waals surface area (Å²) >= 11 is 3.27. The molecule has 1 atom stereocenters. The fraction of sp³-hybridized carbons (Fsp3) is 0.556. The Labute approximate surface area is 76.9 Å². The van der Waals surface area contributed by atoms with Crippen LogP contribution in [0.3, 0.4) is 0 Å². The van der Waals surface area contributed by atoms with E-state index in [0.717, 1.165) is 10.9 Å². The predicted octanol–water partition coefficient (Wildman–Crippen LogP) is 2.86. The average molecular weight is 219 g/mol. The van der Waals surface area contributed by atoms with Crippen LogP contribution in [-0.4, -0.2) is 11.2 Å². The first-order valence-corrected chi connectivity index (χ1v) is 4.33. The van der Waals surface area contributed by atoms with Crippen LogP contribution in [0.25, 0.3) is 0 Å². The monoisotopic (exact) mass is 218 g/mol. The van der Waals surface area contributed by atoms with Crippen molar-refractivity contribution in [3.63, 3.8) is 0 Å². The molecule has 0 heterocycles. The number of aliphatic hydroxyl groups is 1. The molecular weight excluding hydrogens is 204 g/mol. The number of aliphatic hydroxyl groups excluding tert-OH is 1. The second-order valence-corrected chi connectivity index (χ2v) is 4.48. The maximum absolute atomic E-state index is 9.45. The van der Waals surface area contributed by atoms with Crippen molar-refractivity contribution in [2.75, 3.05) is 0 Å². The lowest BCUT2D eigenvalue weighted by atomic mass is 9.83. The quantitative estimate of drug-likeness (QED) is 0.721. The van der Waals surface area contributed by atoms with Crippen molar-refractivity contribution >= 4 is 15.9 Å². The summed E-state index contributed by atoms with van der Waals surface area (Å²) in [4.78, 5) is 0. The fourth-order valence-corrected chi connectivity index (χ4v) is 1.64. The minimum atomic E-state index is -0.475. The van der Waals surface area contributed by atoms with E-state index in [9.17, 15) is 5.11 Å². The van der Waals surface area contributed by atoms with Crippen LogP contribution in [0, 0.1) is 5.41 Å². The first-order chi connectivity index (χ1) is 4.90. The van der Waals surface area contributed by atoms with Crippen LogP contribution in [0.1, 0.15) is 20.3 Å². The molecule has 0 aromatic rings. The van der Waals surface area contributed by atoms with Crippen LogP contribution in [0.15, 0.2) is 23.7 Å². The first-order valence-electron chi connectivity index (χ1n) is 3.54. The van der Waals surface area contributed by atoms with Crippen LogP contribution in [-0.2, 0) is 0 Å². The van der Waals surface area contributed by atoms with Crippen LogP contribution in [0.2, 0.25) is 0 Å². The van der Waals surface area contributed by atoms with E-state index in [-0.39, 0.29) is 5.41 Å². The SMILES string of the molecule is C=CC(O)C(C)(C)CC(=C)Br. The fourth-order valence-electron chi connectivity index (χ4n) is 0.918. The highest BCUT2D eigenvalue weighted by Gasteiger charge is 2.25. The van der Waals surface area contributed by atoms with Crippen molar-refractivity contribution in [1.29, 1.82) is 0 Å². The minimum absolute atomic E-state index is 0.178. The average Bonchev–Trinajstić information content (AvgIpc) is 1.83. The smallest absolute Gasteiger partial charge is 0.0772 e. The molecule has 1 nitrogen and oxygen atoms in total. The van der Waals surface area contributed by atoms with E-state index in [0.29, 0.717) is 0 Å². The third-order valence-electron chi connectivity index (χ3n) is 1.67. The lowest BCUT2D eigenvalue weighted by molar-refractivity contribution is 0.0928.